The maximum Gasteiger partial charge on any atom is 0.416 e. The van der Waals surface area contributed by atoms with Crippen molar-refractivity contribution >= 4 is 32.7 Å². The van der Waals surface area contributed by atoms with Crippen molar-refractivity contribution in [3.63, 3.8) is 0 Å². The van der Waals surface area contributed by atoms with E-state index in [4.69, 9.17) is 4.98 Å². The lowest BCUT2D eigenvalue weighted by Crippen LogP contribution is -2.06. The van der Waals surface area contributed by atoms with Crippen LogP contribution in [-0.2, 0) is 19.3 Å². The second-order valence-electron chi connectivity index (χ2n) is 8.56. The summed E-state index contributed by atoms with van der Waals surface area (Å²) >= 11 is 0. The number of halogens is 3. The zero-order valence-corrected chi connectivity index (χ0v) is 18.5. The number of hydrogen-bond donors (Lipinski definition) is 2. The third-order valence-corrected chi connectivity index (χ3v) is 6.43. The van der Waals surface area contributed by atoms with Crippen molar-refractivity contribution in [2.45, 2.75) is 19.3 Å². The van der Waals surface area contributed by atoms with Crippen LogP contribution in [0.3, 0.4) is 0 Å². The molecule has 0 bridgehead atoms. The molecule has 6 rings (SSSR count). The van der Waals surface area contributed by atoms with Crippen molar-refractivity contribution in [3.05, 3.63) is 102 Å². The smallest absolute Gasteiger partial charge is 0.390 e. The first-order valence-electron chi connectivity index (χ1n) is 11.2. The minimum Gasteiger partial charge on any atom is -0.390 e. The van der Waals surface area contributed by atoms with E-state index in [-0.39, 0.29) is 6.61 Å². The van der Waals surface area contributed by atoms with Gasteiger partial charge < -0.3 is 14.7 Å². The van der Waals surface area contributed by atoms with E-state index in [2.05, 4.69) is 9.55 Å². The van der Waals surface area contributed by atoms with Gasteiger partial charge in [0.2, 0.25) is 0 Å². The van der Waals surface area contributed by atoms with Crippen molar-refractivity contribution < 1.29 is 18.3 Å². The van der Waals surface area contributed by atoms with Crippen molar-refractivity contribution in [3.8, 4) is 11.3 Å². The van der Waals surface area contributed by atoms with Crippen LogP contribution < -0.4 is 0 Å². The monoisotopic (exact) mass is 471 g/mol. The molecule has 0 aliphatic heterocycles. The van der Waals surface area contributed by atoms with Crippen LogP contribution in [0.2, 0.25) is 0 Å². The van der Waals surface area contributed by atoms with E-state index < -0.39 is 11.7 Å². The molecule has 4 nitrogen and oxygen atoms in total. The zero-order chi connectivity index (χ0) is 24.2. The highest BCUT2D eigenvalue weighted by molar-refractivity contribution is 6.14. The Kier molecular flexibility index (Phi) is 4.89. The number of aliphatic hydroxyl groups excluding tert-OH is 1. The predicted octanol–water partition coefficient (Wildman–Crippen LogP) is 6.90. The third kappa shape index (κ3) is 3.56. The summed E-state index contributed by atoms with van der Waals surface area (Å²) in [6.45, 7) is 0.168. The Morgan fingerprint density at radius 1 is 0.857 bits per heavy atom. The Morgan fingerprint density at radius 3 is 2.31 bits per heavy atom. The van der Waals surface area contributed by atoms with Crippen LogP contribution in [0, 0.1) is 0 Å². The number of pyridine rings is 1. The van der Waals surface area contributed by atoms with Crippen molar-refractivity contribution in [1.82, 2.24) is 14.5 Å². The molecule has 7 heteroatoms. The Bertz CT molecular complexity index is 1690. The summed E-state index contributed by atoms with van der Waals surface area (Å²) in [5.41, 5.74) is 5.03. The number of rotatable bonds is 4. The number of H-pyrrole nitrogens is 1. The molecule has 0 aliphatic rings. The Labute approximate surface area is 198 Å². The molecule has 0 fully saturated rings. The minimum atomic E-state index is -4.38. The normalized spacial score (nSPS) is 12.2. The third-order valence-electron chi connectivity index (χ3n) is 6.43. The lowest BCUT2D eigenvalue weighted by atomic mass is 10.1. The number of para-hydroxylation sites is 2. The quantitative estimate of drug-likeness (QED) is 0.294. The van der Waals surface area contributed by atoms with Crippen molar-refractivity contribution in [2.24, 2.45) is 0 Å². The fourth-order valence-corrected chi connectivity index (χ4v) is 4.81. The summed E-state index contributed by atoms with van der Waals surface area (Å²) in [5.74, 6) is 0. The summed E-state index contributed by atoms with van der Waals surface area (Å²) in [4.78, 5) is 8.11. The Balaban J connectivity index is 1.63. The van der Waals surface area contributed by atoms with Gasteiger partial charge >= 0.3 is 6.18 Å². The molecule has 0 amide bonds. The Morgan fingerprint density at radius 2 is 1.57 bits per heavy atom. The molecule has 0 atom stereocenters. The number of hydrogen-bond acceptors (Lipinski definition) is 2. The molecular formula is C28H20F3N3O. The van der Waals surface area contributed by atoms with Crippen LogP contribution in [0.15, 0.2) is 85.1 Å². The van der Waals surface area contributed by atoms with E-state index in [1.165, 1.54) is 12.1 Å². The van der Waals surface area contributed by atoms with Gasteiger partial charge in [0, 0.05) is 45.5 Å². The molecule has 0 spiro atoms. The SMILES string of the molecule is OCc1cc2c3ccccc3n(Cc3ccc(C(F)(F)F)cc3)c2c(-c2c[nH]c3ccccc23)n1. The average molecular weight is 471 g/mol. The number of aliphatic hydroxyl groups is 1. The fraction of sp³-hybridized carbons (Fsp3) is 0.107. The summed E-state index contributed by atoms with van der Waals surface area (Å²) in [5, 5.41) is 12.9. The Hall–Kier alpha value is -4.10. The number of aromatic amines is 1. The summed E-state index contributed by atoms with van der Waals surface area (Å²) in [7, 11) is 0. The van der Waals surface area contributed by atoms with Gasteiger partial charge in [-0.05, 0) is 35.9 Å². The highest BCUT2D eigenvalue weighted by Gasteiger charge is 2.30. The van der Waals surface area contributed by atoms with Gasteiger partial charge in [0.15, 0.2) is 0 Å². The molecule has 3 aromatic carbocycles. The summed E-state index contributed by atoms with van der Waals surface area (Å²) in [6.07, 6.45) is -2.47. The predicted molar refractivity (Wildman–Crippen MR) is 131 cm³/mol. The molecule has 0 aliphatic carbocycles. The summed E-state index contributed by atoms with van der Waals surface area (Å²) in [6, 6.07) is 23.0. The number of fused-ring (bicyclic) bond motifs is 4. The second kappa shape index (κ2) is 7.99. The van der Waals surface area contributed by atoms with Gasteiger partial charge in [0.25, 0.3) is 0 Å². The van der Waals surface area contributed by atoms with Crippen LogP contribution in [0.1, 0.15) is 16.8 Å². The lowest BCUT2D eigenvalue weighted by Gasteiger charge is -2.13. The van der Waals surface area contributed by atoms with E-state index in [0.717, 1.165) is 56.0 Å². The topological polar surface area (TPSA) is 53.8 Å². The number of nitrogens with one attached hydrogen (secondary N) is 1. The molecular weight excluding hydrogens is 451 g/mol. The van der Waals surface area contributed by atoms with Gasteiger partial charge in [-0.2, -0.15) is 13.2 Å². The van der Waals surface area contributed by atoms with E-state index in [0.29, 0.717) is 17.9 Å². The van der Waals surface area contributed by atoms with Gasteiger partial charge in [-0.15, -0.1) is 0 Å². The van der Waals surface area contributed by atoms with E-state index in [9.17, 15) is 18.3 Å². The highest BCUT2D eigenvalue weighted by Crippen LogP contribution is 2.38. The van der Waals surface area contributed by atoms with Gasteiger partial charge in [-0.1, -0.05) is 48.5 Å². The van der Waals surface area contributed by atoms with Crippen LogP contribution >= 0.6 is 0 Å². The lowest BCUT2D eigenvalue weighted by molar-refractivity contribution is -0.137. The zero-order valence-electron chi connectivity index (χ0n) is 18.5. The maximum atomic E-state index is 13.1. The standard InChI is InChI=1S/C28H20F3N3O/c29-28(30,31)18-11-9-17(10-12-18)15-34-25-8-4-2-6-21(25)22-13-19(16-35)33-26(27(22)34)23-14-32-24-7-3-1-5-20(23)24/h1-14,32,35H,15-16H2. The molecule has 0 radical (unpaired) electrons. The second-order valence-corrected chi connectivity index (χ2v) is 8.56. The summed E-state index contributed by atoms with van der Waals surface area (Å²) < 4.78 is 41.4. The van der Waals surface area contributed by atoms with E-state index >= 15 is 0 Å². The number of aromatic nitrogens is 3. The fourth-order valence-electron chi connectivity index (χ4n) is 4.81. The first-order valence-corrected chi connectivity index (χ1v) is 11.2. The molecule has 0 unspecified atom stereocenters. The molecule has 3 heterocycles. The molecule has 2 N–H and O–H groups in total. The van der Waals surface area contributed by atoms with Crippen LogP contribution in [-0.4, -0.2) is 19.6 Å². The van der Waals surface area contributed by atoms with Crippen LogP contribution in [0.25, 0.3) is 44.0 Å². The van der Waals surface area contributed by atoms with Gasteiger partial charge in [-0.3, -0.25) is 0 Å². The average Bonchev–Trinajstić information content (AvgIpc) is 3.43. The first-order chi connectivity index (χ1) is 16.9. The molecule has 35 heavy (non-hydrogen) atoms. The van der Waals surface area contributed by atoms with Gasteiger partial charge in [0.05, 0.1) is 29.1 Å². The minimum absolute atomic E-state index is 0.205. The molecule has 174 valence electrons. The largest absolute Gasteiger partial charge is 0.416 e. The number of benzene rings is 3. The van der Waals surface area contributed by atoms with Crippen molar-refractivity contribution in [2.75, 3.05) is 0 Å². The molecule has 6 aromatic rings. The molecule has 0 saturated heterocycles. The van der Waals surface area contributed by atoms with Crippen LogP contribution in [0.5, 0.6) is 0 Å². The number of alkyl halides is 3. The first kappa shape index (κ1) is 21.4. The van der Waals surface area contributed by atoms with Crippen LogP contribution in [0.4, 0.5) is 13.2 Å². The highest BCUT2D eigenvalue weighted by atomic mass is 19.4. The van der Waals surface area contributed by atoms with Gasteiger partial charge in [0.1, 0.15) is 0 Å². The van der Waals surface area contributed by atoms with E-state index in [1.54, 1.807) is 0 Å². The maximum absolute atomic E-state index is 13.1. The van der Waals surface area contributed by atoms with Crippen molar-refractivity contribution in [1.29, 1.82) is 0 Å². The molecule has 0 saturated carbocycles. The van der Waals surface area contributed by atoms with Gasteiger partial charge in [-0.25, -0.2) is 4.98 Å². The molecule has 3 aromatic heterocycles. The number of nitrogens with zero attached hydrogens (tertiary/aromatic N) is 2. The van der Waals surface area contributed by atoms with E-state index in [1.807, 2.05) is 60.8 Å².